The Labute approximate surface area is 151 Å². The van der Waals surface area contributed by atoms with Crippen LogP contribution in [-0.2, 0) is 17.7 Å². The van der Waals surface area contributed by atoms with Gasteiger partial charge in [0.1, 0.15) is 0 Å². The molecular formula is C8H20KNO7Si. The number of rotatable bonds is 8. The summed E-state index contributed by atoms with van der Waals surface area (Å²) in [5, 5.41) is 14.8. The molecular weight excluding hydrogens is 289 g/mol. The molecule has 8 nitrogen and oxygen atoms in total. The van der Waals surface area contributed by atoms with Gasteiger partial charge in [0.05, 0.1) is 5.09 Å². The van der Waals surface area contributed by atoms with Crippen LogP contribution in [0.15, 0.2) is 0 Å². The van der Waals surface area contributed by atoms with E-state index in [4.69, 9.17) is 33.0 Å². The molecule has 0 spiro atoms. The van der Waals surface area contributed by atoms with E-state index in [1.165, 1.54) is 0 Å². The van der Waals surface area contributed by atoms with Crippen LogP contribution in [0.3, 0.4) is 0 Å². The maximum Gasteiger partial charge on any atom is 1.00 e. The summed E-state index contributed by atoms with van der Waals surface area (Å²) in [5.74, 6) is 0. The molecule has 0 N–H and O–H groups in total. The van der Waals surface area contributed by atoms with Crippen LogP contribution in [-0.4, -0.2) is 40.6 Å². The number of hydrogen-bond acceptors (Lipinski definition) is 7. The van der Waals surface area contributed by atoms with Crippen molar-refractivity contribution in [3.63, 3.8) is 0 Å². The standard InChI is InChI=1S/C8H20O4Si.K.NO3/c1-5-9-13(10-6-2,11-7-3)12-8-4;;2-1(3)4/h5-8H2,1-4H3;;/q;+1;-1. The first kappa shape index (κ1) is 23.9. The predicted octanol–water partition coefficient (Wildman–Crippen LogP) is -1.67. The summed E-state index contributed by atoms with van der Waals surface area (Å²) in [6.07, 6.45) is 0. The van der Waals surface area contributed by atoms with Crippen LogP contribution in [0.25, 0.3) is 0 Å². The molecule has 0 saturated heterocycles. The zero-order valence-electron chi connectivity index (χ0n) is 11.6. The normalized spacial score (nSPS) is 10.0. The van der Waals surface area contributed by atoms with Gasteiger partial charge in [-0.1, -0.05) is 0 Å². The molecule has 0 bridgehead atoms. The minimum absolute atomic E-state index is 0. The Hall–Kier alpha value is 0.893. The van der Waals surface area contributed by atoms with E-state index in [1.54, 1.807) is 0 Å². The van der Waals surface area contributed by atoms with Crippen LogP contribution >= 0.6 is 0 Å². The third-order valence-corrected chi connectivity index (χ3v) is 3.85. The molecule has 0 aromatic carbocycles. The molecule has 0 aliphatic carbocycles. The summed E-state index contributed by atoms with van der Waals surface area (Å²) >= 11 is 0. The summed E-state index contributed by atoms with van der Waals surface area (Å²) < 4.78 is 21.7. The predicted molar refractivity (Wildman–Crippen MR) is 62.6 cm³/mol. The van der Waals surface area contributed by atoms with E-state index in [0.717, 1.165) is 0 Å². The third-order valence-electron chi connectivity index (χ3n) is 1.28. The second-order valence-corrected chi connectivity index (χ2v) is 4.61. The van der Waals surface area contributed by atoms with Gasteiger partial charge in [0, 0.05) is 26.4 Å². The first-order valence-electron chi connectivity index (χ1n) is 5.35. The molecule has 0 aliphatic rings. The van der Waals surface area contributed by atoms with E-state index < -0.39 is 14.1 Å². The van der Waals surface area contributed by atoms with Crippen molar-refractivity contribution in [2.24, 2.45) is 0 Å². The Morgan fingerprint density at radius 3 is 1.11 bits per heavy atom. The van der Waals surface area contributed by atoms with Gasteiger partial charge in [0.25, 0.3) is 0 Å². The molecule has 0 heterocycles. The summed E-state index contributed by atoms with van der Waals surface area (Å²) in [6.45, 7) is 9.80. The van der Waals surface area contributed by atoms with Crippen LogP contribution in [0, 0.1) is 15.3 Å². The van der Waals surface area contributed by atoms with Gasteiger partial charge >= 0.3 is 60.4 Å². The first-order valence-corrected chi connectivity index (χ1v) is 6.98. The SMILES string of the molecule is CCO[Si](OCC)(OCC)OCC.O=[N+]([O-])[O-].[K+]. The second kappa shape index (κ2) is 15.9. The number of nitrogens with zero attached hydrogens (tertiary/aromatic N) is 1. The van der Waals surface area contributed by atoms with Crippen molar-refractivity contribution >= 4 is 9.05 Å². The molecule has 10 heteroatoms. The Morgan fingerprint density at radius 2 is 1.00 bits per heavy atom. The molecule has 0 radical (unpaired) electrons. The maximum atomic E-state index is 8.25. The average Bonchev–Trinajstić information content (AvgIpc) is 2.18. The molecule has 0 atom stereocenters. The second-order valence-electron chi connectivity index (χ2n) is 2.46. The van der Waals surface area contributed by atoms with Crippen molar-refractivity contribution in [3.05, 3.63) is 15.3 Å². The zero-order valence-corrected chi connectivity index (χ0v) is 15.8. The monoisotopic (exact) mass is 309 g/mol. The van der Waals surface area contributed by atoms with Crippen molar-refractivity contribution in [1.82, 2.24) is 0 Å². The van der Waals surface area contributed by atoms with E-state index in [-0.39, 0.29) is 51.4 Å². The summed E-state index contributed by atoms with van der Waals surface area (Å²) in [4.78, 5) is 8.25. The Balaban J connectivity index is -0.000000392. The quantitative estimate of drug-likeness (QED) is 0.300. The minimum atomic E-state index is -2.80. The van der Waals surface area contributed by atoms with E-state index in [0.29, 0.717) is 26.4 Å². The fourth-order valence-corrected chi connectivity index (χ4v) is 2.87. The number of hydrogen-bond donors (Lipinski definition) is 0. The van der Waals surface area contributed by atoms with Gasteiger partial charge in [-0.2, -0.15) is 0 Å². The maximum absolute atomic E-state index is 8.25. The zero-order chi connectivity index (χ0) is 13.7. The van der Waals surface area contributed by atoms with Crippen LogP contribution in [0.5, 0.6) is 0 Å². The minimum Gasteiger partial charge on any atom is -0.356 e. The summed E-state index contributed by atoms with van der Waals surface area (Å²) in [5.41, 5.74) is 0. The van der Waals surface area contributed by atoms with E-state index in [2.05, 4.69) is 0 Å². The van der Waals surface area contributed by atoms with Gasteiger partial charge in [0.2, 0.25) is 0 Å². The Morgan fingerprint density at radius 1 is 0.833 bits per heavy atom. The molecule has 0 rings (SSSR count). The molecule has 0 saturated carbocycles. The molecule has 18 heavy (non-hydrogen) atoms. The smallest absolute Gasteiger partial charge is 0.356 e. The summed E-state index contributed by atoms with van der Waals surface area (Å²) in [6, 6.07) is 0. The van der Waals surface area contributed by atoms with E-state index in [9.17, 15) is 0 Å². The van der Waals surface area contributed by atoms with Gasteiger partial charge in [-0.25, -0.2) is 0 Å². The molecule has 0 fully saturated rings. The van der Waals surface area contributed by atoms with Gasteiger partial charge in [-0.15, -0.1) is 0 Å². The summed E-state index contributed by atoms with van der Waals surface area (Å²) in [7, 11) is -2.80. The molecule has 0 aromatic heterocycles. The molecule has 0 amide bonds. The fraction of sp³-hybridized carbons (Fsp3) is 1.00. The van der Waals surface area contributed by atoms with Crippen molar-refractivity contribution in [2.45, 2.75) is 27.7 Å². The average molecular weight is 309 g/mol. The third kappa shape index (κ3) is 15.0. The Kier molecular flexibility index (Phi) is 21.2. The van der Waals surface area contributed by atoms with Crippen LogP contribution in [0.2, 0.25) is 0 Å². The molecule has 0 unspecified atom stereocenters. The van der Waals surface area contributed by atoms with Gasteiger partial charge in [-0.3, -0.25) is 0 Å². The fourth-order valence-electron chi connectivity index (χ4n) is 0.957. The van der Waals surface area contributed by atoms with Crippen molar-refractivity contribution in [2.75, 3.05) is 26.4 Å². The van der Waals surface area contributed by atoms with E-state index in [1.807, 2.05) is 27.7 Å². The molecule has 104 valence electrons. The first-order chi connectivity index (χ1) is 7.97. The van der Waals surface area contributed by atoms with Crippen LogP contribution < -0.4 is 51.4 Å². The van der Waals surface area contributed by atoms with Crippen molar-refractivity contribution in [1.29, 1.82) is 0 Å². The van der Waals surface area contributed by atoms with Gasteiger partial charge in [0.15, 0.2) is 0 Å². The topological polar surface area (TPSA) is 103 Å². The van der Waals surface area contributed by atoms with Crippen molar-refractivity contribution < 1.29 is 74.2 Å². The molecule has 0 aromatic rings. The molecule has 0 aliphatic heterocycles. The van der Waals surface area contributed by atoms with Gasteiger partial charge < -0.3 is 33.0 Å². The largest absolute Gasteiger partial charge is 1.00 e. The Bertz CT molecular complexity index is 165. The van der Waals surface area contributed by atoms with Crippen molar-refractivity contribution in [3.8, 4) is 0 Å². The van der Waals surface area contributed by atoms with Crippen LogP contribution in [0.4, 0.5) is 0 Å². The van der Waals surface area contributed by atoms with E-state index >= 15 is 0 Å². The van der Waals surface area contributed by atoms with Crippen LogP contribution in [0.1, 0.15) is 27.7 Å². The van der Waals surface area contributed by atoms with Gasteiger partial charge in [-0.05, 0) is 27.7 Å².